The van der Waals surface area contributed by atoms with Crippen LogP contribution in [0.25, 0.3) is 0 Å². The van der Waals surface area contributed by atoms with Crippen molar-refractivity contribution in [1.29, 1.82) is 0 Å². The summed E-state index contributed by atoms with van der Waals surface area (Å²) in [6.07, 6.45) is 1.88. The van der Waals surface area contributed by atoms with Crippen molar-refractivity contribution in [3.8, 4) is 0 Å². The fraction of sp³-hybridized carbons (Fsp3) is 0.818. The van der Waals surface area contributed by atoms with Crippen molar-refractivity contribution < 1.29 is 14.7 Å². The topological polar surface area (TPSA) is 83.6 Å². The van der Waals surface area contributed by atoms with E-state index in [-0.39, 0.29) is 30.2 Å². The zero-order valence-electron chi connectivity index (χ0n) is 9.43. The van der Waals surface area contributed by atoms with Crippen LogP contribution in [0.4, 0.5) is 0 Å². The molecule has 2 aliphatic rings. The number of carbonyl (C=O) groups is 2. The molecular formula is C11H18N2O3. The number of nitrogens with two attached hydrogens (primary N) is 1. The summed E-state index contributed by atoms with van der Waals surface area (Å²) in [5, 5.41) is 9.28. The van der Waals surface area contributed by atoms with E-state index in [2.05, 4.69) is 0 Å². The first-order valence-corrected chi connectivity index (χ1v) is 5.81. The van der Waals surface area contributed by atoms with E-state index < -0.39 is 12.1 Å². The second-order valence-electron chi connectivity index (χ2n) is 4.84. The Bertz CT molecular complexity index is 294. The molecule has 0 spiro atoms. The van der Waals surface area contributed by atoms with E-state index in [0.29, 0.717) is 0 Å². The number of aliphatic hydroxyl groups is 1. The maximum atomic E-state index is 11.9. The number of aliphatic hydroxyl groups excluding tert-OH is 1. The molecule has 1 saturated carbocycles. The molecule has 0 bridgehead atoms. The Balaban J connectivity index is 2.06. The number of amides is 2. The van der Waals surface area contributed by atoms with E-state index in [0.717, 1.165) is 19.3 Å². The number of hydrogen-bond donors (Lipinski definition) is 2. The highest BCUT2D eigenvalue weighted by Gasteiger charge is 2.49. The van der Waals surface area contributed by atoms with E-state index in [4.69, 9.17) is 5.73 Å². The maximum absolute atomic E-state index is 11.9. The summed E-state index contributed by atoms with van der Waals surface area (Å²) >= 11 is 0. The third-order valence-corrected chi connectivity index (χ3v) is 3.70. The van der Waals surface area contributed by atoms with Crippen LogP contribution in [-0.4, -0.2) is 40.5 Å². The van der Waals surface area contributed by atoms with Crippen molar-refractivity contribution in [1.82, 2.24) is 4.90 Å². The number of rotatable bonds is 3. The van der Waals surface area contributed by atoms with E-state index in [1.165, 1.54) is 4.90 Å². The van der Waals surface area contributed by atoms with Gasteiger partial charge in [-0.25, -0.2) is 0 Å². The summed E-state index contributed by atoms with van der Waals surface area (Å²) in [6, 6.07) is -0.549. The Kier molecular flexibility index (Phi) is 2.99. The summed E-state index contributed by atoms with van der Waals surface area (Å²) in [4.78, 5) is 25.1. The molecule has 90 valence electrons. The lowest BCUT2D eigenvalue weighted by atomic mass is 10.00. The molecule has 2 rings (SSSR count). The van der Waals surface area contributed by atoms with E-state index >= 15 is 0 Å². The van der Waals surface area contributed by atoms with Crippen molar-refractivity contribution >= 4 is 11.8 Å². The van der Waals surface area contributed by atoms with Gasteiger partial charge in [-0.3, -0.25) is 14.5 Å². The highest BCUT2D eigenvalue weighted by molar-refractivity contribution is 6.05. The third-order valence-electron chi connectivity index (χ3n) is 3.70. The van der Waals surface area contributed by atoms with Gasteiger partial charge in [-0.15, -0.1) is 0 Å². The molecule has 1 aliphatic carbocycles. The van der Waals surface area contributed by atoms with Crippen molar-refractivity contribution in [2.45, 2.75) is 38.3 Å². The first-order valence-electron chi connectivity index (χ1n) is 5.81. The molecule has 16 heavy (non-hydrogen) atoms. The molecule has 1 saturated heterocycles. The fourth-order valence-corrected chi connectivity index (χ4v) is 2.60. The van der Waals surface area contributed by atoms with Gasteiger partial charge >= 0.3 is 0 Å². The van der Waals surface area contributed by atoms with Gasteiger partial charge in [0.25, 0.3) is 0 Å². The van der Waals surface area contributed by atoms with Crippen LogP contribution in [0.15, 0.2) is 0 Å². The highest BCUT2D eigenvalue weighted by atomic mass is 16.3. The molecule has 4 atom stereocenters. The Hall–Kier alpha value is -0.940. The average Bonchev–Trinajstić information content (AvgIpc) is 2.78. The number of nitrogens with zero attached hydrogens (tertiary/aromatic N) is 1. The standard InChI is InChI=1S/C11H18N2O3/c1-6(14)9(12)5-13-10(15)7-3-2-4-8(7)11(13)16/h6-9,14H,2-5,12H2,1H3. The average molecular weight is 226 g/mol. The predicted octanol–water partition coefficient (Wildman–Crippen LogP) is -0.520. The molecule has 2 fully saturated rings. The lowest BCUT2D eigenvalue weighted by molar-refractivity contribution is -0.140. The third kappa shape index (κ3) is 1.74. The molecule has 1 heterocycles. The Labute approximate surface area is 94.6 Å². The van der Waals surface area contributed by atoms with Gasteiger partial charge in [-0.05, 0) is 19.8 Å². The summed E-state index contributed by atoms with van der Waals surface area (Å²) < 4.78 is 0. The first kappa shape index (κ1) is 11.5. The van der Waals surface area contributed by atoms with Gasteiger partial charge in [-0.2, -0.15) is 0 Å². The molecule has 0 aromatic rings. The number of hydrogen-bond acceptors (Lipinski definition) is 4. The van der Waals surface area contributed by atoms with Crippen LogP contribution < -0.4 is 5.73 Å². The zero-order chi connectivity index (χ0) is 11.9. The lowest BCUT2D eigenvalue weighted by Crippen LogP contribution is -2.46. The largest absolute Gasteiger partial charge is 0.392 e. The number of carbonyl (C=O) groups excluding carboxylic acids is 2. The molecular weight excluding hydrogens is 208 g/mol. The minimum absolute atomic E-state index is 0.0939. The van der Waals surface area contributed by atoms with Crippen molar-refractivity contribution in [2.75, 3.05) is 6.54 Å². The summed E-state index contributed by atoms with van der Waals surface area (Å²) in [7, 11) is 0. The van der Waals surface area contributed by atoms with Crippen LogP contribution in [0, 0.1) is 11.8 Å². The van der Waals surface area contributed by atoms with Crippen LogP contribution in [0.5, 0.6) is 0 Å². The molecule has 3 N–H and O–H groups in total. The monoisotopic (exact) mass is 226 g/mol. The molecule has 5 nitrogen and oxygen atoms in total. The van der Waals surface area contributed by atoms with E-state index in [1.807, 2.05) is 0 Å². The van der Waals surface area contributed by atoms with Crippen molar-refractivity contribution in [3.63, 3.8) is 0 Å². The minimum atomic E-state index is -0.707. The van der Waals surface area contributed by atoms with E-state index in [9.17, 15) is 14.7 Å². The minimum Gasteiger partial charge on any atom is -0.392 e. The Morgan fingerprint density at radius 3 is 2.31 bits per heavy atom. The summed E-state index contributed by atoms with van der Waals surface area (Å²) in [5.41, 5.74) is 5.67. The number of imide groups is 1. The van der Waals surface area contributed by atoms with Crippen LogP contribution >= 0.6 is 0 Å². The van der Waals surface area contributed by atoms with Crippen molar-refractivity contribution in [3.05, 3.63) is 0 Å². The van der Waals surface area contributed by atoms with Gasteiger partial charge in [0.2, 0.25) is 11.8 Å². The van der Waals surface area contributed by atoms with Gasteiger partial charge in [0.1, 0.15) is 0 Å². The van der Waals surface area contributed by atoms with Crippen LogP contribution in [0.1, 0.15) is 26.2 Å². The summed E-state index contributed by atoms with van der Waals surface area (Å²) in [5.74, 6) is -0.422. The molecule has 0 aromatic heterocycles. The maximum Gasteiger partial charge on any atom is 0.233 e. The molecule has 5 heteroatoms. The Morgan fingerprint density at radius 2 is 1.88 bits per heavy atom. The lowest BCUT2D eigenvalue weighted by Gasteiger charge is -2.22. The van der Waals surface area contributed by atoms with Crippen LogP contribution in [0.3, 0.4) is 0 Å². The van der Waals surface area contributed by atoms with Gasteiger partial charge in [0.05, 0.1) is 17.9 Å². The number of fused-ring (bicyclic) bond motifs is 1. The van der Waals surface area contributed by atoms with E-state index in [1.54, 1.807) is 6.92 Å². The van der Waals surface area contributed by atoms with Gasteiger partial charge in [-0.1, -0.05) is 6.42 Å². The summed E-state index contributed by atoms with van der Waals surface area (Å²) in [6.45, 7) is 1.71. The molecule has 2 amide bonds. The fourth-order valence-electron chi connectivity index (χ4n) is 2.60. The first-order chi connectivity index (χ1) is 7.52. The molecule has 1 aliphatic heterocycles. The van der Waals surface area contributed by atoms with Crippen molar-refractivity contribution in [2.24, 2.45) is 17.6 Å². The molecule has 4 unspecified atom stereocenters. The normalized spacial score (nSPS) is 33.1. The Morgan fingerprint density at radius 1 is 1.38 bits per heavy atom. The van der Waals surface area contributed by atoms with Crippen LogP contribution in [-0.2, 0) is 9.59 Å². The second kappa shape index (κ2) is 4.14. The van der Waals surface area contributed by atoms with Gasteiger partial charge < -0.3 is 10.8 Å². The number of likely N-dealkylation sites (tertiary alicyclic amines) is 1. The quantitative estimate of drug-likeness (QED) is 0.634. The SMILES string of the molecule is CC(O)C(N)CN1C(=O)C2CCCC2C1=O. The van der Waals surface area contributed by atoms with Gasteiger partial charge in [0.15, 0.2) is 0 Å². The smallest absolute Gasteiger partial charge is 0.233 e. The van der Waals surface area contributed by atoms with Gasteiger partial charge in [0, 0.05) is 12.6 Å². The molecule has 0 aromatic carbocycles. The highest BCUT2D eigenvalue weighted by Crippen LogP contribution is 2.39. The molecule has 0 radical (unpaired) electrons. The second-order valence-corrected chi connectivity index (χ2v) is 4.84. The predicted molar refractivity (Wildman–Crippen MR) is 57.2 cm³/mol. The zero-order valence-corrected chi connectivity index (χ0v) is 9.43. The van der Waals surface area contributed by atoms with Crippen LogP contribution in [0.2, 0.25) is 0 Å².